The van der Waals surface area contributed by atoms with Crippen molar-refractivity contribution < 1.29 is 14.4 Å². The summed E-state index contributed by atoms with van der Waals surface area (Å²) in [5.41, 5.74) is 4.64. The second-order valence-electron chi connectivity index (χ2n) is 5.08. The molecule has 0 aliphatic heterocycles. The Balaban J connectivity index is 2.56. The largest absolute Gasteiger partial charge is 0.356 e. The van der Waals surface area contributed by atoms with E-state index < -0.39 is 0 Å². The average Bonchev–Trinajstić information content (AvgIpc) is 2.38. The Labute approximate surface area is 115 Å². The Morgan fingerprint density at radius 3 is 2.37 bits per heavy atom. The highest BCUT2D eigenvalue weighted by Crippen LogP contribution is 2.17. The zero-order valence-corrected chi connectivity index (χ0v) is 12.1. The number of amides is 1. The van der Waals surface area contributed by atoms with Gasteiger partial charge in [0.1, 0.15) is 0 Å². The lowest BCUT2D eigenvalue weighted by molar-refractivity contribution is -0.145. The maximum absolute atomic E-state index is 11.8. The Bertz CT molecular complexity index is 387. The van der Waals surface area contributed by atoms with Crippen LogP contribution in [0.5, 0.6) is 0 Å². The van der Waals surface area contributed by atoms with Crippen LogP contribution in [0.4, 0.5) is 0 Å². The molecule has 106 valence electrons. The van der Waals surface area contributed by atoms with Crippen molar-refractivity contribution in [3.63, 3.8) is 0 Å². The normalized spacial score (nSPS) is 12.5. The number of methoxy groups -OCH3 is 1. The molecule has 0 aliphatic rings. The minimum Gasteiger partial charge on any atom is -0.356 e. The summed E-state index contributed by atoms with van der Waals surface area (Å²) in [7, 11) is 1.50. The van der Waals surface area contributed by atoms with Crippen LogP contribution in [0.15, 0.2) is 24.3 Å². The summed E-state index contributed by atoms with van der Waals surface area (Å²) in [4.78, 5) is 16.6. The molecule has 0 bridgehead atoms. The van der Waals surface area contributed by atoms with Gasteiger partial charge in [-0.3, -0.25) is 4.79 Å². The van der Waals surface area contributed by atoms with E-state index in [0.717, 1.165) is 12.0 Å². The minimum atomic E-state index is -0.245. The number of rotatable bonds is 7. The van der Waals surface area contributed by atoms with Gasteiger partial charge in [-0.25, -0.2) is 10.3 Å². The van der Waals surface area contributed by atoms with E-state index in [1.807, 2.05) is 19.1 Å². The number of carbonyl (C=O) groups is 1. The molecular weight excluding hydrogens is 242 g/mol. The van der Waals surface area contributed by atoms with E-state index in [0.29, 0.717) is 5.92 Å². The van der Waals surface area contributed by atoms with Gasteiger partial charge >= 0.3 is 0 Å². The average molecular weight is 265 g/mol. The summed E-state index contributed by atoms with van der Waals surface area (Å²) in [5, 5.41) is 0. The molecule has 1 atom stereocenters. The van der Waals surface area contributed by atoms with E-state index >= 15 is 0 Å². The molecule has 0 spiro atoms. The second-order valence-corrected chi connectivity index (χ2v) is 5.08. The number of benzene rings is 1. The lowest BCUT2D eigenvalue weighted by atomic mass is 9.96. The first kappa shape index (κ1) is 15.7. The maximum Gasteiger partial charge on any atom is 0.250 e. The fourth-order valence-electron chi connectivity index (χ4n) is 1.81. The summed E-state index contributed by atoms with van der Waals surface area (Å²) in [6.07, 6.45) is 1.05. The van der Waals surface area contributed by atoms with Crippen molar-refractivity contribution >= 4 is 5.91 Å². The fraction of sp³-hybridized carbons (Fsp3) is 0.533. The van der Waals surface area contributed by atoms with Crippen LogP contribution in [0.25, 0.3) is 0 Å². The summed E-state index contributed by atoms with van der Waals surface area (Å²) < 4.78 is 4.69. The van der Waals surface area contributed by atoms with Crippen molar-refractivity contribution in [3.8, 4) is 0 Å². The molecule has 1 amide bonds. The quantitative estimate of drug-likeness (QED) is 0.468. The van der Waals surface area contributed by atoms with E-state index in [-0.39, 0.29) is 18.6 Å². The number of ether oxygens (including phenoxy) is 1. The first-order chi connectivity index (χ1) is 9.04. The minimum absolute atomic E-state index is 0.0474. The van der Waals surface area contributed by atoms with Gasteiger partial charge in [0.05, 0.1) is 5.92 Å². The second kappa shape index (κ2) is 7.92. The third-order valence-corrected chi connectivity index (χ3v) is 2.87. The molecule has 0 saturated heterocycles. The zero-order valence-electron chi connectivity index (χ0n) is 12.1. The molecular formula is C15H23NO3. The van der Waals surface area contributed by atoms with Crippen molar-refractivity contribution in [3.05, 3.63) is 35.4 Å². The van der Waals surface area contributed by atoms with Gasteiger partial charge in [-0.2, -0.15) is 0 Å². The molecule has 0 fully saturated rings. The molecule has 1 aromatic rings. The third kappa shape index (κ3) is 5.41. The van der Waals surface area contributed by atoms with Crippen molar-refractivity contribution in [2.24, 2.45) is 5.92 Å². The highest BCUT2D eigenvalue weighted by Gasteiger charge is 2.15. The van der Waals surface area contributed by atoms with Crippen LogP contribution in [-0.4, -0.2) is 19.8 Å². The molecule has 0 unspecified atom stereocenters. The Morgan fingerprint density at radius 2 is 1.84 bits per heavy atom. The van der Waals surface area contributed by atoms with Crippen LogP contribution in [0.1, 0.15) is 37.8 Å². The molecule has 1 aromatic carbocycles. The molecule has 4 nitrogen and oxygen atoms in total. The van der Waals surface area contributed by atoms with Crippen LogP contribution in [0.2, 0.25) is 0 Å². The predicted molar refractivity (Wildman–Crippen MR) is 74.5 cm³/mol. The number of hydrogen-bond acceptors (Lipinski definition) is 3. The van der Waals surface area contributed by atoms with Crippen molar-refractivity contribution in [2.45, 2.75) is 33.1 Å². The zero-order chi connectivity index (χ0) is 14.3. The molecule has 4 heteroatoms. The van der Waals surface area contributed by atoms with Gasteiger partial charge in [0.15, 0.2) is 6.79 Å². The van der Waals surface area contributed by atoms with Gasteiger partial charge < -0.3 is 4.74 Å². The Morgan fingerprint density at radius 1 is 1.21 bits per heavy atom. The van der Waals surface area contributed by atoms with Crippen molar-refractivity contribution in [1.29, 1.82) is 0 Å². The number of carbonyl (C=O) groups excluding carboxylic acids is 1. The van der Waals surface area contributed by atoms with Crippen molar-refractivity contribution in [2.75, 3.05) is 13.9 Å². The van der Waals surface area contributed by atoms with E-state index in [4.69, 9.17) is 9.57 Å². The lowest BCUT2D eigenvalue weighted by Crippen LogP contribution is -2.28. The highest BCUT2D eigenvalue weighted by molar-refractivity contribution is 5.82. The Hall–Kier alpha value is -1.39. The third-order valence-electron chi connectivity index (χ3n) is 2.87. The number of nitrogens with one attached hydrogen (secondary N) is 1. The standard InChI is InChI=1S/C15H23NO3/c1-11(2)9-13-5-7-14(8-6-13)12(3)15(17)16-19-10-18-4/h5-8,11-12H,9-10H2,1-4H3,(H,16,17)/t12-/m0/s1. The van der Waals surface area contributed by atoms with Gasteiger partial charge in [0.2, 0.25) is 0 Å². The smallest absolute Gasteiger partial charge is 0.250 e. The SMILES string of the molecule is COCONC(=O)[C@@H](C)c1ccc(CC(C)C)cc1. The van der Waals surface area contributed by atoms with Gasteiger partial charge in [-0.15, -0.1) is 0 Å². The maximum atomic E-state index is 11.8. The van der Waals surface area contributed by atoms with E-state index in [1.54, 1.807) is 0 Å². The van der Waals surface area contributed by atoms with Gasteiger partial charge in [0, 0.05) is 7.11 Å². The van der Waals surface area contributed by atoms with E-state index in [2.05, 4.69) is 31.5 Å². The number of hydroxylamine groups is 1. The van der Waals surface area contributed by atoms with Crippen LogP contribution in [-0.2, 0) is 20.8 Å². The first-order valence-electron chi connectivity index (χ1n) is 6.54. The molecule has 0 aromatic heterocycles. The molecule has 1 rings (SSSR count). The Kier molecular flexibility index (Phi) is 6.53. The monoisotopic (exact) mass is 265 g/mol. The summed E-state index contributed by atoms with van der Waals surface area (Å²) >= 11 is 0. The van der Waals surface area contributed by atoms with E-state index in [9.17, 15) is 4.79 Å². The summed E-state index contributed by atoms with van der Waals surface area (Å²) in [6.45, 7) is 6.28. The molecule has 0 aliphatic carbocycles. The fourth-order valence-corrected chi connectivity index (χ4v) is 1.81. The van der Waals surface area contributed by atoms with Gasteiger partial charge in [0.25, 0.3) is 5.91 Å². The first-order valence-corrected chi connectivity index (χ1v) is 6.54. The molecule has 1 N–H and O–H groups in total. The highest BCUT2D eigenvalue weighted by atomic mass is 16.8. The summed E-state index contributed by atoms with van der Waals surface area (Å²) in [5.74, 6) is 0.215. The predicted octanol–water partition coefficient (Wildman–Crippen LogP) is 2.64. The van der Waals surface area contributed by atoms with Crippen LogP contribution >= 0.6 is 0 Å². The lowest BCUT2D eigenvalue weighted by Gasteiger charge is -2.13. The van der Waals surface area contributed by atoms with Gasteiger partial charge in [-0.1, -0.05) is 38.1 Å². The van der Waals surface area contributed by atoms with Crippen molar-refractivity contribution in [1.82, 2.24) is 5.48 Å². The van der Waals surface area contributed by atoms with Crippen LogP contribution in [0.3, 0.4) is 0 Å². The van der Waals surface area contributed by atoms with Crippen LogP contribution in [0, 0.1) is 5.92 Å². The molecule has 0 radical (unpaired) electrons. The molecule has 0 saturated carbocycles. The van der Waals surface area contributed by atoms with Gasteiger partial charge in [-0.05, 0) is 30.4 Å². The van der Waals surface area contributed by atoms with Crippen LogP contribution < -0.4 is 5.48 Å². The number of hydrogen-bond donors (Lipinski definition) is 1. The molecule has 19 heavy (non-hydrogen) atoms. The molecule has 0 heterocycles. The topological polar surface area (TPSA) is 47.6 Å². The van der Waals surface area contributed by atoms with E-state index in [1.165, 1.54) is 12.7 Å². The summed E-state index contributed by atoms with van der Waals surface area (Å²) in [6, 6.07) is 8.15.